The van der Waals surface area contributed by atoms with Crippen LogP contribution in [0.25, 0.3) is 54.3 Å². The van der Waals surface area contributed by atoms with Crippen molar-refractivity contribution in [2.45, 2.75) is 0 Å². The highest BCUT2D eigenvalue weighted by molar-refractivity contribution is 7.17. The fourth-order valence-electron chi connectivity index (χ4n) is 9.56. The van der Waals surface area contributed by atoms with Crippen molar-refractivity contribution in [1.82, 2.24) is 0 Å². The molecule has 3 aromatic heterocycles. The van der Waals surface area contributed by atoms with Gasteiger partial charge in [-0.25, -0.2) is 0 Å². The summed E-state index contributed by atoms with van der Waals surface area (Å²) in [7, 11) is 0. The van der Waals surface area contributed by atoms with Gasteiger partial charge in [-0.15, -0.1) is 11.3 Å². The lowest BCUT2D eigenvalue weighted by molar-refractivity contribution is 0.647. The molecular formula is C54H35B2NO2S. The van der Waals surface area contributed by atoms with Crippen LogP contribution in [0.5, 0.6) is 0 Å². The zero-order valence-corrected chi connectivity index (χ0v) is 33.4. The number of furan rings is 2. The Morgan fingerprint density at radius 1 is 0.383 bits per heavy atom. The van der Waals surface area contributed by atoms with Gasteiger partial charge < -0.3 is 13.7 Å². The monoisotopic (exact) mass is 783 g/mol. The van der Waals surface area contributed by atoms with Gasteiger partial charge in [0.2, 0.25) is 0 Å². The number of rotatable bonds is 7. The van der Waals surface area contributed by atoms with Crippen LogP contribution in [0, 0.1) is 0 Å². The van der Waals surface area contributed by atoms with Crippen molar-refractivity contribution in [3.63, 3.8) is 0 Å². The van der Waals surface area contributed by atoms with Gasteiger partial charge in [-0.1, -0.05) is 157 Å². The molecular weight excluding hydrogens is 748 g/mol. The summed E-state index contributed by atoms with van der Waals surface area (Å²) in [6.45, 7) is -0.376. The molecule has 0 N–H and O–H groups in total. The van der Waals surface area contributed by atoms with Crippen molar-refractivity contribution in [2.75, 3.05) is 4.90 Å². The van der Waals surface area contributed by atoms with Crippen LogP contribution >= 0.6 is 11.3 Å². The van der Waals surface area contributed by atoms with Crippen LogP contribution in [0.1, 0.15) is 0 Å². The number of nitrogens with zero attached hydrogens (tertiary/aromatic N) is 1. The second-order valence-corrected chi connectivity index (χ2v) is 16.5. The molecule has 0 radical (unpaired) electrons. The number of anilines is 3. The molecule has 0 saturated carbocycles. The number of benzene rings is 8. The van der Waals surface area contributed by atoms with Crippen LogP contribution in [0.2, 0.25) is 0 Å². The molecule has 0 aliphatic carbocycles. The zero-order chi connectivity index (χ0) is 39.6. The van der Waals surface area contributed by atoms with E-state index in [0.717, 1.165) is 55.8 Å². The Morgan fingerprint density at radius 3 is 1.58 bits per heavy atom. The minimum absolute atomic E-state index is 0.180. The van der Waals surface area contributed by atoms with Gasteiger partial charge in [0.1, 0.15) is 11.2 Å². The summed E-state index contributed by atoms with van der Waals surface area (Å²) >= 11 is 1.77. The number of hydrogen-bond donors (Lipinski definition) is 0. The maximum Gasteiger partial charge on any atom is 0.290 e. The summed E-state index contributed by atoms with van der Waals surface area (Å²) < 4.78 is 15.5. The van der Waals surface area contributed by atoms with Crippen molar-refractivity contribution < 1.29 is 8.83 Å². The third kappa shape index (κ3) is 5.60. The van der Waals surface area contributed by atoms with E-state index in [1.165, 1.54) is 48.7 Å². The van der Waals surface area contributed by atoms with Crippen LogP contribution in [-0.2, 0) is 0 Å². The Bertz CT molecular complexity index is 3280. The van der Waals surface area contributed by atoms with Crippen molar-refractivity contribution >= 4 is 107 Å². The van der Waals surface area contributed by atoms with E-state index in [1.54, 1.807) is 11.3 Å². The minimum Gasteiger partial charge on any atom is -0.471 e. The second-order valence-electron chi connectivity index (χ2n) is 15.5. The highest BCUT2D eigenvalue weighted by Crippen LogP contribution is 2.35. The van der Waals surface area contributed by atoms with Gasteiger partial charge in [-0.2, -0.15) is 0 Å². The van der Waals surface area contributed by atoms with Crippen LogP contribution in [-0.4, -0.2) is 13.4 Å². The largest absolute Gasteiger partial charge is 0.471 e. The van der Waals surface area contributed by atoms with Gasteiger partial charge in [0.05, 0.1) is 11.3 Å². The van der Waals surface area contributed by atoms with Crippen LogP contribution < -0.4 is 38.1 Å². The molecule has 0 amide bonds. The van der Waals surface area contributed by atoms with Crippen molar-refractivity contribution in [2.24, 2.45) is 0 Å². The Labute approximate surface area is 353 Å². The minimum atomic E-state index is -0.196. The van der Waals surface area contributed by atoms with E-state index in [2.05, 4.69) is 217 Å². The molecule has 4 heterocycles. The third-order valence-corrected chi connectivity index (χ3v) is 13.1. The van der Waals surface area contributed by atoms with Gasteiger partial charge in [0.15, 0.2) is 0 Å². The Balaban J connectivity index is 1.05. The lowest BCUT2D eigenvalue weighted by Gasteiger charge is -2.27. The molecule has 3 nitrogen and oxygen atoms in total. The van der Waals surface area contributed by atoms with Crippen LogP contribution in [0.15, 0.2) is 220 Å². The van der Waals surface area contributed by atoms with Gasteiger partial charge in [0.25, 0.3) is 13.4 Å². The van der Waals surface area contributed by atoms with Crippen LogP contribution in [0.4, 0.5) is 17.1 Å². The fourth-order valence-corrected chi connectivity index (χ4v) is 10.4. The standard InChI is InChI=1S/C54H35B2NO2S/c1-4-14-36(15-5-1)43-20-10-11-21-44(43)37-24-26-38(27-25-37)55-51-45-22-12-13-23-47(45)58-53(51)56(52-50-46-34-35-60-49(46)33-32-48(50)59-54(52)55)39-28-30-42(31-29-39)57(40-16-6-2-7-17-40)41-18-8-3-9-19-41/h1-35H. The molecule has 0 atom stereocenters. The van der Waals surface area contributed by atoms with E-state index in [0.29, 0.717) is 0 Å². The van der Waals surface area contributed by atoms with Gasteiger partial charge in [-0.05, 0) is 99.2 Å². The Morgan fingerprint density at radius 2 is 0.900 bits per heavy atom. The topological polar surface area (TPSA) is 29.5 Å². The summed E-state index contributed by atoms with van der Waals surface area (Å²) in [5.74, 6) is 0. The molecule has 6 heteroatoms. The lowest BCUT2D eigenvalue weighted by Crippen LogP contribution is -2.73. The molecule has 0 unspecified atom stereocenters. The smallest absolute Gasteiger partial charge is 0.290 e. The van der Waals surface area contributed by atoms with E-state index in [4.69, 9.17) is 8.83 Å². The maximum atomic E-state index is 7.19. The first kappa shape index (κ1) is 34.7. The molecule has 0 saturated heterocycles. The van der Waals surface area contributed by atoms with Gasteiger partial charge in [-0.3, -0.25) is 0 Å². The Kier molecular flexibility index (Phi) is 8.24. The molecule has 0 spiro atoms. The van der Waals surface area contributed by atoms with E-state index >= 15 is 0 Å². The number of fused-ring (bicyclic) bond motifs is 8. The summed E-state index contributed by atoms with van der Waals surface area (Å²) in [5.41, 5.74) is 16.5. The third-order valence-electron chi connectivity index (χ3n) is 12.2. The summed E-state index contributed by atoms with van der Waals surface area (Å²) in [4.78, 5) is 2.31. The van der Waals surface area contributed by atoms with Crippen molar-refractivity contribution in [1.29, 1.82) is 0 Å². The average molecular weight is 784 g/mol. The van der Waals surface area contributed by atoms with E-state index in [9.17, 15) is 0 Å². The molecule has 8 aromatic carbocycles. The predicted molar refractivity (Wildman–Crippen MR) is 256 cm³/mol. The molecule has 60 heavy (non-hydrogen) atoms. The molecule has 0 fully saturated rings. The second kappa shape index (κ2) is 14.2. The Hall–Kier alpha value is -7.27. The molecule has 0 bridgehead atoms. The van der Waals surface area contributed by atoms with Gasteiger partial charge >= 0.3 is 0 Å². The van der Waals surface area contributed by atoms with Crippen molar-refractivity contribution in [3.8, 4) is 22.3 Å². The average Bonchev–Trinajstić information content (AvgIpc) is 4.06. The number of thiophene rings is 1. The summed E-state index contributed by atoms with van der Waals surface area (Å²) in [6, 6.07) is 73.7. The number of para-hydroxylation sites is 3. The molecule has 11 aromatic rings. The lowest BCUT2D eigenvalue weighted by atomic mass is 9.24. The van der Waals surface area contributed by atoms with E-state index in [1.807, 2.05) is 0 Å². The summed E-state index contributed by atoms with van der Waals surface area (Å²) in [5, 5.41) is 5.68. The normalized spacial score (nSPS) is 12.3. The first-order valence-electron chi connectivity index (χ1n) is 20.5. The fraction of sp³-hybridized carbons (Fsp3) is 0. The maximum absolute atomic E-state index is 7.19. The predicted octanol–water partition coefficient (Wildman–Crippen LogP) is 10.5. The molecule has 1 aliphatic rings. The van der Waals surface area contributed by atoms with E-state index < -0.39 is 0 Å². The van der Waals surface area contributed by atoms with Crippen LogP contribution in [0.3, 0.4) is 0 Å². The first-order chi connectivity index (χ1) is 29.8. The number of hydrogen-bond acceptors (Lipinski definition) is 4. The quantitative estimate of drug-likeness (QED) is 0.151. The molecule has 12 rings (SSSR count). The summed E-state index contributed by atoms with van der Waals surface area (Å²) in [6.07, 6.45) is 0. The SMILES string of the molecule is c1ccc(-c2ccccc2-c2ccc(B3c4oc5ccc6sccc6c5c4B(c4ccc(N(c5ccccc5)c5ccccc5)cc4)c4oc5ccccc5c43)cc2)cc1. The first-order valence-corrected chi connectivity index (χ1v) is 21.4. The van der Waals surface area contributed by atoms with E-state index in [-0.39, 0.29) is 13.4 Å². The van der Waals surface area contributed by atoms with Gasteiger partial charge in [0, 0.05) is 37.9 Å². The highest BCUT2D eigenvalue weighted by atomic mass is 32.1. The molecule has 1 aliphatic heterocycles. The highest BCUT2D eigenvalue weighted by Gasteiger charge is 2.47. The molecule has 280 valence electrons. The van der Waals surface area contributed by atoms with Crippen molar-refractivity contribution in [3.05, 3.63) is 212 Å². The zero-order valence-electron chi connectivity index (χ0n) is 32.5.